The van der Waals surface area contributed by atoms with Crippen molar-refractivity contribution in [3.05, 3.63) is 23.3 Å². The number of aliphatic carboxylic acids is 1. The molecule has 2 aliphatic carbocycles. The van der Waals surface area contributed by atoms with Gasteiger partial charge < -0.3 is 14.6 Å². The van der Waals surface area contributed by atoms with E-state index in [1.54, 1.807) is 0 Å². The molecule has 4 aliphatic rings. The molecule has 2 aliphatic heterocycles. The Labute approximate surface area is 116 Å². The SMILES string of the molecule is CC1=C[C@@]23[C@H](C=C(C(=O)O)[C@@H]2COC(=O)[C@]32CO2)[C@H]1C. The first-order valence-electron chi connectivity index (χ1n) is 6.89. The van der Waals surface area contributed by atoms with E-state index in [1.165, 1.54) is 5.57 Å². The van der Waals surface area contributed by atoms with Gasteiger partial charge in [-0.15, -0.1) is 0 Å². The minimum absolute atomic E-state index is 0.00829. The Balaban J connectivity index is 1.92. The second kappa shape index (κ2) is 3.34. The Bertz CT molecular complexity index is 597. The van der Waals surface area contributed by atoms with Gasteiger partial charge in [0.15, 0.2) is 5.60 Å². The minimum atomic E-state index is -0.958. The molecule has 0 bridgehead atoms. The van der Waals surface area contributed by atoms with Crippen LogP contribution < -0.4 is 0 Å². The van der Waals surface area contributed by atoms with E-state index in [4.69, 9.17) is 9.47 Å². The monoisotopic (exact) mass is 276 g/mol. The number of rotatable bonds is 1. The van der Waals surface area contributed by atoms with Crippen LogP contribution in [-0.2, 0) is 19.1 Å². The zero-order chi connectivity index (χ0) is 14.3. The number of carboxylic acids is 1. The van der Waals surface area contributed by atoms with Gasteiger partial charge in [-0.05, 0) is 18.8 Å². The molecule has 2 fully saturated rings. The fourth-order valence-corrected chi connectivity index (χ4v) is 4.49. The summed E-state index contributed by atoms with van der Waals surface area (Å²) in [6.07, 6.45) is 3.92. The summed E-state index contributed by atoms with van der Waals surface area (Å²) in [4.78, 5) is 23.7. The smallest absolute Gasteiger partial charge is 0.341 e. The van der Waals surface area contributed by atoms with Crippen LogP contribution in [0.2, 0.25) is 0 Å². The van der Waals surface area contributed by atoms with Gasteiger partial charge >= 0.3 is 11.9 Å². The van der Waals surface area contributed by atoms with E-state index < -0.39 is 17.0 Å². The summed E-state index contributed by atoms with van der Waals surface area (Å²) in [7, 11) is 0. The first kappa shape index (κ1) is 12.1. The van der Waals surface area contributed by atoms with Gasteiger partial charge in [0.05, 0.1) is 13.2 Å². The number of hydrogen-bond acceptors (Lipinski definition) is 4. The predicted molar refractivity (Wildman–Crippen MR) is 67.7 cm³/mol. The molecule has 20 heavy (non-hydrogen) atoms. The number of cyclic esters (lactones) is 1. The molecule has 5 nitrogen and oxygen atoms in total. The summed E-state index contributed by atoms with van der Waals surface area (Å²) in [6, 6.07) is 0. The van der Waals surface area contributed by atoms with E-state index in [2.05, 4.69) is 13.0 Å². The molecule has 0 radical (unpaired) electrons. The molecule has 0 aromatic rings. The number of carboxylic acid groups (broad SMARTS) is 1. The number of hydrogen-bond donors (Lipinski definition) is 1. The average molecular weight is 276 g/mol. The first-order chi connectivity index (χ1) is 9.44. The van der Waals surface area contributed by atoms with Crippen LogP contribution in [0.1, 0.15) is 13.8 Å². The van der Waals surface area contributed by atoms with Gasteiger partial charge in [-0.1, -0.05) is 24.6 Å². The number of allylic oxidation sites excluding steroid dienone is 2. The predicted octanol–water partition coefficient (Wildman–Crippen LogP) is 1.15. The topological polar surface area (TPSA) is 76.1 Å². The number of epoxide rings is 1. The molecule has 0 saturated carbocycles. The van der Waals surface area contributed by atoms with Crippen LogP contribution in [-0.4, -0.2) is 35.9 Å². The molecule has 2 spiro atoms. The van der Waals surface area contributed by atoms with Gasteiger partial charge in [0.2, 0.25) is 0 Å². The largest absolute Gasteiger partial charge is 0.478 e. The van der Waals surface area contributed by atoms with Crippen molar-refractivity contribution in [3.8, 4) is 0 Å². The van der Waals surface area contributed by atoms with E-state index in [0.29, 0.717) is 12.2 Å². The molecule has 1 N–H and O–H groups in total. The Hall–Kier alpha value is -1.62. The van der Waals surface area contributed by atoms with Crippen LogP contribution in [0.25, 0.3) is 0 Å². The van der Waals surface area contributed by atoms with Gasteiger partial charge in [0.1, 0.15) is 0 Å². The molecule has 0 aromatic heterocycles. The third kappa shape index (κ3) is 1.06. The van der Waals surface area contributed by atoms with Crippen LogP contribution in [0.15, 0.2) is 23.3 Å². The quantitative estimate of drug-likeness (QED) is 0.442. The summed E-state index contributed by atoms with van der Waals surface area (Å²) < 4.78 is 10.8. The number of carbonyl (C=O) groups excluding carboxylic acids is 1. The van der Waals surface area contributed by atoms with Gasteiger partial charge in [-0.25, -0.2) is 9.59 Å². The lowest BCUT2D eigenvalue weighted by Gasteiger charge is -2.43. The molecule has 2 heterocycles. The number of carbonyl (C=O) groups is 2. The van der Waals surface area contributed by atoms with Crippen LogP contribution in [0.4, 0.5) is 0 Å². The van der Waals surface area contributed by atoms with E-state index in [-0.39, 0.29) is 30.3 Å². The van der Waals surface area contributed by atoms with E-state index in [9.17, 15) is 14.7 Å². The molecular formula is C15H16O5. The van der Waals surface area contributed by atoms with Crippen LogP contribution in [0.3, 0.4) is 0 Å². The molecule has 5 heteroatoms. The van der Waals surface area contributed by atoms with E-state index >= 15 is 0 Å². The molecule has 0 amide bonds. The van der Waals surface area contributed by atoms with Crippen LogP contribution >= 0.6 is 0 Å². The standard InChI is InChI=1S/C15H16O5/c1-7-4-14-10(8(7)2)3-9(12(16)17)11(14)5-19-13(18)15(14)6-20-15/h3-4,8,10-11H,5-6H2,1-2H3,(H,16,17)/t8-,10+,11-,14+,15+/m0/s1. The third-order valence-corrected chi connectivity index (χ3v) is 5.68. The first-order valence-corrected chi connectivity index (χ1v) is 6.89. The summed E-state index contributed by atoms with van der Waals surface area (Å²) in [5.74, 6) is -1.33. The Kier molecular flexibility index (Phi) is 2.03. The third-order valence-electron chi connectivity index (χ3n) is 5.68. The summed E-state index contributed by atoms with van der Waals surface area (Å²) in [6.45, 7) is 4.59. The number of esters is 1. The zero-order valence-corrected chi connectivity index (χ0v) is 11.4. The maximum Gasteiger partial charge on any atom is 0.341 e. The average Bonchev–Trinajstić information content (AvgIpc) is 3.07. The summed E-state index contributed by atoms with van der Waals surface area (Å²) in [5.41, 5.74) is 0.0538. The molecule has 5 atom stereocenters. The van der Waals surface area contributed by atoms with E-state index in [0.717, 1.165) is 0 Å². The van der Waals surface area contributed by atoms with Gasteiger partial charge in [-0.3, -0.25) is 0 Å². The van der Waals surface area contributed by atoms with Crippen molar-refractivity contribution in [2.24, 2.45) is 23.2 Å². The lowest BCUT2D eigenvalue weighted by molar-refractivity contribution is -0.170. The fourth-order valence-electron chi connectivity index (χ4n) is 4.49. The maximum atomic E-state index is 12.2. The maximum absolute atomic E-state index is 12.2. The highest BCUT2D eigenvalue weighted by molar-refractivity contribution is 5.92. The Morgan fingerprint density at radius 1 is 1.50 bits per heavy atom. The van der Waals surface area contributed by atoms with Gasteiger partial charge in [-0.2, -0.15) is 0 Å². The lowest BCUT2D eigenvalue weighted by atomic mass is 9.61. The van der Waals surface area contributed by atoms with Crippen molar-refractivity contribution in [3.63, 3.8) is 0 Å². The van der Waals surface area contributed by atoms with Gasteiger partial charge in [0.25, 0.3) is 0 Å². The van der Waals surface area contributed by atoms with E-state index in [1.807, 2.05) is 13.0 Å². The molecule has 2 saturated heterocycles. The van der Waals surface area contributed by atoms with Crippen molar-refractivity contribution in [1.29, 1.82) is 0 Å². The summed E-state index contributed by atoms with van der Waals surface area (Å²) >= 11 is 0. The van der Waals surface area contributed by atoms with Crippen molar-refractivity contribution < 1.29 is 24.2 Å². The Morgan fingerprint density at radius 2 is 2.20 bits per heavy atom. The van der Waals surface area contributed by atoms with Crippen LogP contribution in [0.5, 0.6) is 0 Å². The lowest BCUT2D eigenvalue weighted by Crippen LogP contribution is -2.56. The normalized spacial score (nSPS) is 48.3. The molecule has 4 rings (SSSR count). The van der Waals surface area contributed by atoms with Crippen molar-refractivity contribution in [2.45, 2.75) is 19.4 Å². The molecule has 0 unspecified atom stereocenters. The highest BCUT2D eigenvalue weighted by atomic mass is 16.6. The van der Waals surface area contributed by atoms with Crippen molar-refractivity contribution >= 4 is 11.9 Å². The summed E-state index contributed by atoms with van der Waals surface area (Å²) in [5, 5.41) is 9.44. The van der Waals surface area contributed by atoms with Crippen LogP contribution in [0, 0.1) is 23.2 Å². The second-order valence-corrected chi connectivity index (χ2v) is 6.33. The second-order valence-electron chi connectivity index (χ2n) is 6.33. The highest BCUT2D eigenvalue weighted by Crippen LogP contribution is 2.68. The minimum Gasteiger partial charge on any atom is -0.478 e. The van der Waals surface area contributed by atoms with Gasteiger partial charge in [0, 0.05) is 16.9 Å². The Morgan fingerprint density at radius 3 is 2.80 bits per heavy atom. The number of ether oxygens (including phenoxy) is 2. The molecule has 106 valence electrons. The fraction of sp³-hybridized carbons (Fsp3) is 0.600. The zero-order valence-electron chi connectivity index (χ0n) is 11.4. The highest BCUT2D eigenvalue weighted by Gasteiger charge is 2.78. The van der Waals surface area contributed by atoms with Crippen molar-refractivity contribution in [1.82, 2.24) is 0 Å². The van der Waals surface area contributed by atoms with Crippen molar-refractivity contribution in [2.75, 3.05) is 13.2 Å². The molecule has 0 aromatic carbocycles. The molecular weight excluding hydrogens is 260 g/mol.